The SMILES string of the molecule is O=[PH](O)OC(O)(O)c1ccccc1. The maximum Gasteiger partial charge on any atom is 0.321 e. The lowest BCUT2D eigenvalue weighted by molar-refractivity contribution is -0.304. The summed E-state index contributed by atoms with van der Waals surface area (Å²) in [5, 5.41) is 18.3. The number of benzene rings is 1. The zero-order valence-electron chi connectivity index (χ0n) is 6.54. The molecule has 3 N–H and O–H groups in total. The highest BCUT2D eigenvalue weighted by atomic mass is 31.1. The van der Waals surface area contributed by atoms with E-state index in [0.29, 0.717) is 0 Å². The third-order valence-corrected chi connectivity index (χ3v) is 1.84. The molecule has 1 atom stereocenters. The van der Waals surface area contributed by atoms with Gasteiger partial charge in [-0.25, -0.2) is 4.52 Å². The van der Waals surface area contributed by atoms with Gasteiger partial charge in [0.25, 0.3) is 0 Å². The van der Waals surface area contributed by atoms with Crippen LogP contribution in [0.25, 0.3) is 0 Å². The summed E-state index contributed by atoms with van der Waals surface area (Å²) in [6.07, 6.45) is 0. The number of rotatable bonds is 3. The predicted octanol–water partition coefficient (Wildman–Crippen LogP) is 0.180. The molecule has 6 heteroatoms. The van der Waals surface area contributed by atoms with E-state index in [1.165, 1.54) is 12.1 Å². The molecule has 0 aromatic heterocycles. The summed E-state index contributed by atoms with van der Waals surface area (Å²) in [7, 11) is -3.39. The molecule has 0 bridgehead atoms. The van der Waals surface area contributed by atoms with Crippen LogP contribution in [0.3, 0.4) is 0 Å². The summed E-state index contributed by atoms with van der Waals surface area (Å²) in [5.74, 6) is -2.70. The molecule has 1 unspecified atom stereocenters. The standard InChI is InChI=1S/C7H9O5P/c8-7(9,12-13(10)11)6-4-2-1-3-5-6/h1-5,8-9,13H,(H,10,11). The molecule has 0 aliphatic rings. The van der Waals surface area contributed by atoms with Gasteiger partial charge in [-0.05, 0) is 0 Å². The van der Waals surface area contributed by atoms with Gasteiger partial charge in [0, 0.05) is 5.56 Å². The summed E-state index contributed by atoms with van der Waals surface area (Å²) >= 11 is 0. The van der Waals surface area contributed by atoms with Crippen molar-refractivity contribution in [2.45, 2.75) is 5.97 Å². The summed E-state index contributed by atoms with van der Waals surface area (Å²) in [4.78, 5) is 8.35. The van der Waals surface area contributed by atoms with Crippen LogP contribution < -0.4 is 0 Å². The fourth-order valence-electron chi connectivity index (χ4n) is 0.836. The van der Waals surface area contributed by atoms with Crippen molar-refractivity contribution >= 4 is 8.25 Å². The summed E-state index contributed by atoms with van der Waals surface area (Å²) in [6, 6.07) is 7.50. The van der Waals surface area contributed by atoms with Gasteiger partial charge in [0.2, 0.25) is 0 Å². The van der Waals surface area contributed by atoms with Gasteiger partial charge in [0.15, 0.2) is 0 Å². The Labute approximate surface area is 75.2 Å². The van der Waals surface area contributed by atoms with E-state index in [9.17, 15) is 4.57 Å². The van der Waals surface area contributed by atoms with Crippen molar-refractivity contribution < 1.29 is 24.2 Å². The van der Waals surface area contributed by atoms with E-state index >= 15 is 0 Å². The van der Waals surface area contributed by atoms with Crippen LogP contribution in [-0.4, -0.2) is 15.1 Å². The van der Waals surface area contributed by atoms with Crippen LogP contribution in [0.4, 0.5) is 0 Å². The average molecular weight is 204 g/mol. The van der Waals surface area contributed by atoms with E-state index in [4.69, 9.17) is 15.1 Å². The smallest absolute Gasteiger partial charge is 0.321 e. The second kappa shape index (κ2) is 4.00. The fraction of sp³-hybridized carbons (Fsp3) is 0.143. The Kier molecular flexibility index (Phi) is 3.19. The molecule has 0 aliphatic heterocycles. The van der Waals surface area contributed by atoms with Gasteiger partial charge in [-0.15, -0.1) is 0 Å². The molecule has 0 fully saturated rings. The largest absolute Gasteiger partial charge is 0.339 e. The maximum atomic E-state index is 10.2. The Morgan fingerprint density at radius 1 is 1.23 bits per heavy atom. The van der Waals surface area contributed by atoms with Crippen molar-refractivity contribution in [1.29, 1.82) is 0 Å². The lowest BCUT2D eigenvalue weighted by atomic mass is 10.2. The summed E-state index contributed by atoms with van der Waals surface area (Å²) in [5.41, 5.74) is 0.00222. The number of hydrogen-bond acceptors (Lipinski definition) is 4. The molecular formula is C7H9O5P. The van der Waals surface area contributed by atoms with E-state index in [1.807, 2.05) is 0 Å². The van der Waals surface area contributed by atoms with Crippen molar-refractivity contribution in [2.24, 2.45) is 0 Å². The first-order chi connectivity index (χ1) is 6.02. The van der Waals surface area contributed by atoms with Gasteiger partial charge < -0.3 is 15.1 Å². The molecule has 1 aromatic rings. The van der Waals surface area contributed by atoms with Crippen LogP contribution >= 0.6 is 8.25 Å². The van der Waals surface area contributed by atoms with E-state index in [1.54, 1.807) is 18.2 Å². The highest BCUT2D eigenvalue weighted by Crippen LogP contribution is 2.29. The molecule has 0 radical (unpaired) electrons. The topological polar surface area (TPSA) is 87.0 Å². The first kappa shape index (κ1) is 10.4. The Morgan fingerprint density at radius 2 is 1.77 bits per heavy atom. The lowest BCUT2D eigenvalue weighted by Crippen LogP contribution is -2.25. The first-order valence-electron chi connectivity index (χ1n) is 3.44. The highest BCUT2D eigenvalue weighted by Gasteiger charge is 2.28. The molecule has 0 saturated carbocycles. The predicted molar refractivity (Wildman–Crippen MR) is 44.9 cm³/mol. The molecule has 1 rings (SSSR count). The minimum absolute atomic E-state index is 0.00222. The van der Waals surface area contributed by atoms with E-state index < -0.39 is 14.2 Å². The van der Waals surface area contributed by atoms with Crippen molar-refractivity contribution in [2.75, 3.05) is 0 Å². The monoisotopic (exact) mass is 204 g/mol. The summed E-state index contributed by atoms with van der Waals surface area (Å²) in [6.45, 7) is 0. The molecule has 0 aliphatic carbocycles. The molecule has 0 amide bonds. The minimum Gasteiger partial charge on any atom is -0.339 e. The van der Waals surface area contributed by atoms with Crippen molar-refractivity contribution in [3.05, 3.63) is 35.9 Å². The summed E-state index contributed by atoms with van der Waals surface area (Å²) < 4.78 is 14.3. The molecule has 0 spiro atoms. The molecule has 1 aromatic carbocycles. The quantitative estimate of drug-likeness (QED) is 0.483. The van der Waals surface area contributed by atoms with Crippen LogP contribution in [0.2, 0.25) is 0 Å². The molecule has 13 heavy (non-hydrogen) atoms. The Morgan fingerprint density at radius 3 is 2.23 bits per heavy atom. The van der Waals surface area contributed by atoms with Gasteiger partial charge in [0.05, 0.1) is 0 Å². The maximum absolute atomic E-state index is 10.2. The first-order valence-corrected chi connectivity index (χ1v) is 4.71. The third-order valence-electron chi connectivity index (χ3n) is 1.38. The van der Waals surface area contributed by atoms with Crippen LogP contribution in [-0.2, 0) is 15.1 Å². The van der Waals surface area contributed by atoms with E-state index in [0.717, 1.165) is 0 Å². The Balaban J connectivity index is 2.87. The zero-order valence-corrected chi connectivity index (χ0v) is 7.54. The molecule has 5 nitrogen and oxygen atoms in total. The Hall–Kier alpha value is -0.710. The van der Waals surface area contributed by atoms with Gasteiger partial charge in [-0.1, -0.05) is 30.3 Å². The van der Waals surface area contributed by atoms with Crippen LogP contribution in [0.5, 0.6) is 0 Å². The molecular weight excluding hydrogens is 195 g/mol. The van der Waals surface area contributed by atoms with Gasteiger partial charge >= 0.3 is 14.2 Å². The van der Waals surface area contributed by atoms with Crippen LogP contribution in [0.1, 0.15) is 5.56 Å². The van der Waals surface area contributed by atoms with E-state index in [2.05, 4.69) is 4.52 Å². The van der Waals surface area contributed by atoms with Gasteiger partial charge in [-0.2, -0.15) is 0 Å². The molecule has 0 heterocycles. The van der Waals surface area contributed by atoms with Gasteiger partial charge in [0.1, 0.15) is 0 Å². The van der Waals surface area contributed by atoms with Crippen molar-refractivity contribution in [1.82, 2.24) is 0 Å². The molecule has 0 saturated heterocycles. The number of aliphatic hydroxyl groups is 2. The van der Waals surface area contributed by atoms with Crippen molar-refractivity contribution in [3.8, 4) is 0 Å². The zero-order chi connectivity index (χ0) is 9.90. The second-order valence-electron chi connectivity index (χ2n) is 2.34. The van der Waals surface area contributed by atoms with Crippen molar-refractivity contribution in [3.63, 3.8) is 0 Å². The third kappa shape index (κ3) is 2.91. The Bertz CT molecular complexity index is 297. The van der Waals surface area contributed by atoms with Gasteiger partial charge in [-0.3, -0.25) is 4.57 Å². The molecule has 72 valence electrons. The lowest BCUT2D eigenvalue weighted by Gasteiger charge is -2.19. The number of hydrogen-bond donors (Lipinski definition) is 3. The minimum atomic E-state index is -3.39. The highest BCUT2D eigenvalue weighted by molar-refractivity contribution is 7.32. The fourth-order valence-corrected chi connectivity index (χ4v) is 1.20. The van der Waals surface area contributed by atoms with Crippen LogP contribution in [0, 0.1) is 0 Å². The van der Waals surface area contributed by atoms with E-state index in [-0.39, 0.29) is 5.56 Å². The second-order valence-corrected chi connectivity index (χ2v) is 3.08. The van der Waals surface area contributed by atoms with Crippen LogP contribution in [0.15, 0.2) is 30.3 Å². The average Bonchev–Trinajstić information content (AvgIpc) is 2.04. The normalized spacial score (nSPS) is 14.1.